The second-order valence-electron chi connectivity index (χ2n) is 2.35. The Morgan fingerprint density at radius 2 is 2.25 bits per heavy atom. The molecule has 0 unspecified atom stereocenters. The van der Waals surface area contributed by atoms with Gasteiger partial charge in [-0.15, -0.1) is 0 Å². The van der Waals surface area contributed by atoms with Gasteiger partial charge in [-0.1, -0.05) is 4.98 Å². The Bertz CT molecular complexity index is 342. The van der Waals surface area contributed by atoms with E-state index in [2.05, 4.69) is 9.97 Å². The molecule has 12 heavy (non-hydrogen) atoms. The summed E-state index contributed by atoms with van der Waals surface area (Å²) >= 11 is 0. The zero-order valence-electron chi connectivity index (χ0n) is 6.62. The van der Waals surface area contributed by atoms with E-state index in [1.165, 1.54) is 6.92 Å². The van der Waals surface area contributed by atoms with Crippen molar-refractivity contribution in [1.82, 2.24) is 9.97 Å². The van der Waals surface area contributed by atoms with Gasteiger partial charge in [0.15, 0.2) is 5.78 Å². The highest BCUT2D eigenvalue weighted by Crippen LogP contribution is 2.10. The van der Waals surface area contributed by atoms with Gasteiger partial charge < -0.3 is 10.1 Å². The van der Waals surface area contributed by atoms with Crippen molar-refractivity contribution in [3.63, 3.8) is 0 Å². The zero-order chi connectivity index (χ0) is 9.30. The fourth-order valence-electron chi connectivity index (χ4n) is 0.874. The molecule has 0 aliphatic heterocycles. The van der Waals surface area contributed by atoms with Crippen LogP contribution in [0.2, 0.25) is 0 Å². The molecule has 1 aromatic heterocycles. The summed E-state index contributed by atoms with van der Waals surface area (Å²) in [5, 5.41) is 10.2. The van der Waals surface area contributed by atoms with Crippen LogP contribution < -0.4 is 0 Å². The van der Waals surface area contributed by atoms with Crippen molar-refractivity contribution >= 4 is 11.7 Å². The normalized spacial score (nSPS) is 9.83. The molecule has 0 saturated carbocycles. The number of imidazole rings is 1. The number of carbonyl (C=O) groups is 1. The minimum absolute atomic E-state index is 0.127. The summed E-state index contributed by atoms with van der Waals surface area (Å²) in [6, 6.07) is 0. The van der Waals surface area contributed by atoms with Crippen LogP contribution in [-0.4, -0.2) is 20.7 Å². The first-order valence-corrected chi connectivity index (χ1v) is 3.24. The predicted octanol–water partition coefficient (Wildman–Crippen LogP) is 0.829. The summed E-state index contributed by atoms with van der Waals surface area (Å²) < 4.78 is 0. The monoisotopic (exact) mass is 169 g/mol. The number of ketones is 1. The first-order valence-electron chi connectivity index (χ1n) is 3.24. The predicted molar refractivity (Wildman–Crippen MR) is 40.0 cm³/mol. The quantitative estimate of drug-likeness (QED) is 0.403. The van der Waals surface area contributed by atoms with Crippen molar-refractivity contribution in [1.29, 1.82) is 0 Å². The van der Waals surface area contributed by atoms with Crippen molar-refractivity contribution in [3.05, 3.63) is 21.5 Å². The van der Waals surface area contributed by atoms with E-state index < -0.39 is 10.9 Å². The van der Waals surface area contributed by atoms with Gasteiger partial charge >= 0.3 is 5.95 Å². The molecule has 64 valence electrons. The van der Waals surface area contributed by atoms with Crippen LogP contribution in [0.5, 0.6) is 0 Å². The molecular formula is C6H7N3O3. The van der Waals surface area contributed by atoms with E-state index in [4.69, 9.17) is 0 Å². The second kappa shape index (κ2) is 2.72. The third-order valence-corrected chi connectivity index (χ3v) is 1.38. The number of nitrogens with one attached hydrogen (secondary N) is 1. The van der Waals surface area contributed by atoms with E-state index in [0.29, 0.717) is 5.69 Å². The first kappa shape index (κ1) is 8.38. The van der Waals surface area contributed by atoms with Crippen LogP contribution in [0, 0.1) is 17.0 Å². The van der Waals surface area contributed by atoms with Gasteiger partial charge in [-0.05, 0) is 11.8 Å². The summed E-state index contributed by atoms with van der Waals surface area (Å²) in [5.41, 5.74) is 0.552. The van der Waals surface area contributed by atoms with Crippen LogP contribution in [0.4, 0.5) is 5.95 Å². The number of Topliss-reactive ketones (excluding diaryl/α,β-unsaturated/α-hetero) is 1. The summed E-state index contributed by atoms with van der Waals surface area (Å²) in [6.07, 6.45) is 0. The molecule has 0 radical (unpaired) electrons. The van der Waals surface area contributed by atoms with Crippen LogP contribution in [0.25, 0.3) is 0 Å². The smallest absolute Gasteiger partial charge is 0.390 e. The van der Waals surface area contributed by atoms with Gasteiger partial charge in [-0.2, -0.15) is 0 Å². The van der Waals surface area contributed by atoms with Crippen molar-refractivity contribution in [2.75, 3.05) is 0 Å². The lowest BCUT2D eigenvalue weighted by Gasteiger charge is -1.84. The minimum atomic E-state index is -0.667. The van der Waals surface area contributed by atoms with Crippen molar-refractivity contribution in [2.24, 2.45) is 0 Å². The number of hydrogen-bond acceptors (Lipinski definition) is 4. The average molecular weight is 169 g/mol. The average Bonchev–Trinajstić information content (AvgIpc) is 2.30. The van der Waals surface area contributed by atoms with Gasteiger partial charge in [0.2, 0.25) is 5.69 Å². The molecule has 0 atom stereocenters. The minimum Gasteiger partial charge on any atom is -0.390 e. The van der Waals surface area contributed by atoms with Crippen molar-refractivity contribution in [2.45, 2.75) is 13.8 Å². The molecule has 1 N–H and O–H groups in total. The summed E-state index contributed by atoms with van der Waals surface area (Å²) in [6.45, 7) is 2.88. The molecule has 0 fully saturated rings. The number of H-pyrrole nitrogens is 1. The number of aryl methyl sites for hydroxylation is 1. The molecule has 0 amide bonds. The molecule has 0 aliphatic carbocycles. The fraction of sp³-hybridized carbons (Fsp3) is 0.333. The molecule has 1 rings (SSSR count). The van der Waals surface area contributed by atoms with Crippen LogP contribution in [0.3, 0.4) is 0 Å². The number of aromatic amines is 1. The third kappa shape index (κ3) is 1.31. The Balaban J connectivity index is 3.17. The van der Waals surface area contributed by atoms with Crippen LogP contribution in [0.1, 0.15) is 23.1 Å². The van der Waals surface area contributed by atoms with E-state index in [-0.39, 0.29) is 11.5 Å². The molecule has 0 bridgehead atoms. The highest BCUT2D eigenvalue weighted by Gasteiger charge is 2.19. The zero-order valence-corrected chi connectivity index (χ0v) is 6.62. The van der Waals surface area contributed by atoms with Gasteiger partial charge in [-0.3, -0.25) is 4.79 Å². The van der Waals surface area contributed by atoms with Gasteiger partial charge in [-0.25, -0.2) is 4.98 Å². The summed E-state index contributed by atoms with van der Waals surface area (Å²) in [4.78, 5) is 26.2. The highest BCUT2D eigenvalue weighted by molar-refractivity contribution is 5.93. The molecule has 1 heterocycles. The van der Waals surface area contributed by atoms with Crippen LogP contribution in [0.15, 0.2) is 0 Å². The van der Waals surface area contributed by atoms with Gasteiger partial charge in [0.25, 0.3) is 0 Å². The van der Waals surface area contributed by atoms with Gasteiger partial charge in [0, 0.05) is 6.92 Å². The molecule has 6 nitrogen and oxygen atoms in total. The molecule has 1 aromatic rings. The maximum Gasteiger partial charge on any atom is 0.433 e. The maximum atomic E-state index is 10.8. The van der Waals surface area contributed by atoms with Crippen LogP contribution in [-0.2, 0) is 0 Å². The van der Waals surface area contributed by atoms with E-state index in [9.17, 15) is 14.9 Å². The first-order chi connectivity index (χ1) is 5.52. The molecule has 0 aromatic carbocycles. The second-order valence-corrected chi connectivity index (χ2v) is 2.35. The Morgan fingerprint density at radius 3 is 2.50 bits per heavy atom. The summed E-state index contributed by atoms with van der Waals surface area (Å²) in [7, 11) is 0. The number of nitrogens with zero attached hydrogens (tertiary/aromatic N) is 2. The lowest BCUT2D eigenvalue weighted by Crippen LogP contribution is -1.95. The number of nitro groups is 1. The Hall–Kier alpha value is -1.72. The van der Waals surface area contributed by atoms with Gasteiger partial charge in [0.05, 0.1) is 0 Å². The molecule has 0 spiro atoms. The van der Waals surface area contributed by atoms with Crippen LogP contribution >= 0.6 is 0 Å². The van der Waals surface area contributed by atoms with Crippen molar-refractivity contribution in [3.8, 4) is 0 Å². The maximum absolute atomic E-state index is 10.8. The number of aromatic nitrogens is 2. The lowest BCUT2D eigenvalue weighted by atomic mass is 10.3. The molecule has 6 heteroatoms. The number of hydrogen-bond donors (Lipinski definition) is 1. The Labute approximate surface area is 67.8 Å². The molecule has 0 saturated heterocycles. The lowest BCUT2D eigenvalue weighted by molar-refractivity contribution is -0.393. The van der Waals surface area contributed by atoms with E-state index >= 15 is 0 Å². The molecular weight excluding hydrogens is 162 g/mol. The number of rotatable bonds is 2. The largest absolute Gasteiger partial charge is 0.433 e. The fourth-order valence-corrected chi connectivity index (χ4v) is 0.874. The van der Waals surface area contributed by atoms with Gasteiger partial charge in [0.1, 0.15) is 5.69 Å². The molecule has 0 aliphatic rings. The van der Waals surface area contributed by atoms with Crippen molar-refractivity contribution < 1.29 is 9.72 Å². The third-order valence-electron chi connectivity index (χ3n) is 1.38. The standard InChI is InChI=1S/C6H7N3O3/c1-3-5(4(2)10)8-6(7-3)9(11)12/h1-2H3,(H,7,8). The summed E-state index contributed by atoms with van der Waals surface area (Å²) in [5.74, 6) is -0.672. The topological polar surface area (TPSA) is 88.9 Å². The Kier molecular flexibility index (Phi) is 1.90. The van der Waals surface area contributed by atoms with E-state index in [0.717, 1.165) is 0 Å². The van der Waals surface area contributed by atoms with E-state index in [1.807, 2.05) is 0 Å². The number of carbonyl (C=O) groups excluding carboxylic acids is 1. The Morgan fingerprint density at radius 1 is 1.67 bits per heavy atom. The van der Waals surface area contributed by atoms with E-state index in [1.54, 1.807) is 6.92 Å². The highest BCUT2D eigenvalue weighted by atomic mass is 16.6. The SMILES string of the molecule is CC(=O)c1nc([N+](=O)[O-])[nH]c1C.